The molecule has 0 saturated carbocycles. The second kappa shape index (κ2) is 35.3. The zero-order valence-corrected chi connectivity index (χ0v) is 73.1. The molecule has 0 N–H and O–H groups in total. The fourth-order valence-corrected chi connectivity index (χ4v) is 15.5. The van der Waals surface area contributed by atoms with Gasteiger partial charge in [0.25, 0.3) is 0 Å². The molecule has 14 aromatic carbocycles. The summed E-state index contributed by atoms with van der Waals surface area (Å²) in [6.45, 7) is 0. The van der Waals surface area contributed by atoms with E-state index in [2.05, 4.69) is 185 Å². The normalized spacial score (nSPS) is 11.1. The van der Waals surface area contributed by atoms with Crippen LogP contribution in [0.15, 0.2) is 390 Å². The summed E-state index contributed by atoms with van der Waals surface area (Å²) in [7, 11) is 0. The molecular weight excluding hydrogens is 2110 g/mol. The maximum absolute atomic E-state index is 6.30. The molecule has 0 atom stereocenters. The van der Waals surface area contributed by atoms with Crippen molar-refractivity contribution in [2.75, 3.05) is 0 Å². The quantitative estimate of drug-likeness (QED) is 0.0844. The van der Waals surface area contributed by atoms with Gasteiger partial charge in [0.1, 0.15) is 11.3 Å². The van der Waals surface area contributed by atoms with Gasteiger partial charge < -0.3 is 14.2 Å². The molecule has 126 heavy (non-hydrogen) atoms. The molecule has 10 aromatic heterocycles. The van der Waals surface area contributed by atoms with Gasteiger partial charge in [-0.25, -0.2) is 9.97 Å². The molecular formula is C104H64N16O3Pt3. The minimum absolute atomic E-state index is 0. The van der Waals surface area contributed by atoms with Crippen LogP contribution in [0.4, 0.5) is 0 Å². The second-order valence-electron chi connectivity index (χ2n) is 29.1. The molecule has 608 valence electrons. The summed E-state index contributed by atoms with van der Waals surface area (Å²) in [6, 6.07) is 129. The molecule has 0 saturated heterocycles. The number of nitrogens with zero attached hydrogens (tertiary/aromatic N) is 16. The molecule has 0 unspecified atom stereocenters. The van der Waals surface area contributed by atoms with E-state index in [1.807, 2.05) is 308 Å². The molecule has 0 bridgehead atoms. The van der Waals surface area contributed by atoms with E-state index in [0.29, 0.717) is 34.5 Å². The van der Waals surface area contributed by atoms with Crippen LogP contribution in [0.5, 0.6) is 34.5 Å². The molecule has 0 amide bonds. The Morgan fingerprint density at radius 2 is 0.548 bits per heavy atom. The van der Waals surface area contributed by atoms with E-state index >= 15 is 0 Å². The standard InChI is InChI=1S/C52H32N8O.2C26H16N4O.3Pt/c1-3-17-49-45(13-1)47-15-7-27-53-51(47)59(49)39-23-19-35(20-24-39)37-31-55-57(33-37)41-9-5-11-43(29-41)61-44-12-6-10-42(30-44)58-34-38(32-56-58)36-21-25-40(26-22-36)60-50-18-4-2-14-46(50)48-16-8-28-54-52(48)60;1-3-13-25-19(7-1)17-29(27-25)21-9-5-11-23(15-21)31-24-12-6-10-22(16-24)30-18-20-8-2-4-14-26(20)28-30;1-3-13-25-19(7-1)17-27-29(25)21-9-5-11-23(15-21)31-24-12-6-10-22(16-24)30-26-14-4-2-8-20(26)18-28-30;;;/h1-28,31-34H;2*1-14,17-18H;;;/q3*-2;3*+2. The fourth-order valence-electron chi connectivity index (χ4n) is 15.5. The van der Waals surface area contributed by atoms with Crippen LogP contribution in [0, 0.1) is 36.4 Å². The number of fused-ring (bicyclic) bond motifs is 10. The minimum Gasteiger partial charge on any atom is -0.509 e. The molecule has 0 aliphatic carbocycles. The third-order valence-electron chi connectivity index (χ3n) is 21.4. The first-order valence-electron chi connectivity index (χ1n) is 39.8. The van der Waals surface area contributed by atoms with Crippen molar-refractivity contribution in [2.24, 2.45) is 0 Å². The number of ether oxygens (including phenoxy) is 3. The van der Waals surface area contributed by atoms with Crippen molar-refractivity contribution in [2.45, 2.75) is 0 Å². The molecule has 0 aliphatic heterocycles. The summed E-state index contributed by atoms with van der Waals surface area (Å²) in [5.41, 5.74) is 19.0. The first-order chi connectivity index (χ1) is 60.9. The van der Waals surface area contributed by atoms with Gasteiger partial charge in [0.05, 0.1) is 57.9 Å². The van der Waals surface area contributed by atoms with Gasteiger partial charge in [0.2, 0.25) is 0 Å². The van der Waals surface area contributed by atoms with Crippen molar-refractivity contribution in [3.05, 3.63) is 426 Å². The molecule has 0 radical (unpaired) electrons. The van der Waals surface area contributed by atoms with Crippen LogP contribution < -0.4 is 14.2 Å². The number of hydrogen-bond donors (Lipinski definition) is 0. The van der Waals surface area contributed by atoms with E-state index < -0.39 is 0 Å². The van der Waals surface area contributed by atoms with Crippen LogP contribution in [0.25, 0.3) is 155 Å². The van der Waals surface area contributed by atoms with Gasteiger partial charge in [0.15, 0.2) is 0 Å². The minimum atomic E-state index is 0. The van der Waals surface area contributed by atoms with E-state index in [1.54, 1.807) is 0 Å². The Morgan fingerprint density at radius 1 is 0.230 bits per heavy atom. The summed E-state index contributed by atoms with van der Waals surface area (Å²) in [6.07, 6.45) is 19.1. The Labute approximate surface area is 764 Å². The third kappa shape index (κ3) is 16.0. The number of hydrogen-bond acceptors (Lipinski definition) is 11. The monoisotopic (exact) mass is 2170 g/mol. The predicted octanol–water partition coefficient (Wildman–Crippen LogP) is 23.3. The van der Waals surface area contributed by atoms with Gasteiger partial charge in [-0.3, -0.25) is 37.2 Å². The number of benzene rings is 14. The SMILES string of the molecule is [Pt+2].[Pt+2].[Pt+2].[c-]1c(Oc2[c-]c(-n3cc(-c4ccc(-n5c6ccccc6c6cccnc65)cc4)cn3)ccc2)cccc1-n1cc(-c2ccc(-n3c4ccccc4c4cccnc43)cc2)cn1.[c-]1c(Oc2[c-]c(-n3cc4ccccc4n3)ccc2)cccc1-n1cc2ccccc2n1.[c-]1c(Oc2[c-]c(-n3ncc4ccccc43)ccc2)cccc1-n1ncc2ccccc21. The van der Waals surface area contributed by atoms with Crippen LogP contribution in [0.1, 0.15) is 0 Å². The third-order valence-corrected chi connectivity index (χ3v) is 21.4. The largest absolute Gasteiger partial charge is 2.00 e. The van der Waals surface area contributed by atoms with Crippen molar-refractivity contribution in [3.8, 4) is 102 Å². The second-order valence-corrected chi connectivity index (χ2v) is 29.1. The van der Waals surface area contributed by atoms with E-state index in [-0.39, 0.29) is 63.2 Å². The van der Waals surface area contributed by atoms with Crippen molar-refractivity contribution in [1.82, 2.24) is 77.8 Å². The average molecular weight is 2170 g/mol. The van der Waals surface area contributed by atoms with Gasteiger partial charge >= 0.3 is 63.2 Å². The molecule has 0 aliphatic rings. The molecule has 0 spiro atoms. The summed E-state index contributed by atoms with van der Waals surface area (Å²) in [5, 5.41) is 36.5. The molecule has 24 aromatic rings. The van der Waals surface area contributed by atoms with Crippen LogP contribution >= 0.6 is 0 Å². The van der Waals surface area contributed by atoms with E-state index in [9.17, 15) is 0 Å². The number of para-hydroxylation sites is 4. The number of aromatic nitrogens is 16. The van der Waals surface area contributed by atoms with Crippen LogP contribution in [-0.4, -0.2) is 77.8 Å². The maximum Gasteiger partial charge on any atom is 2.00 e. The van der Waals surface area contributed by atoms with Gasteiger partial charge in [-0.1, -0.05) is 133 Å². The molecule has 0 fully saturated rings. The van der Waals surface area contributed by atoms with Gasteiger partial charge in [0, 0.05) is 137 Å². The average Bonchev–Trinajstić information content (AvgIpc) is 1.59. The number of rotatable bonds is 16. The molecule has 22 heteroatoms. The van der Waals surface area contributed by atoms with E-state index in [1.165, 1.54) is 10.8 Å². The Bertz CT molecular complexity index is 7420. The Balaban J connectivity index is 0.000000134. The summed E-state index contributed by atoms with van der Waals surface area (Å²) < 4.78 is 33.8. The predicted molar refractivity (Wildman–Crippen MR) is 480 cm³/mol. The summed E-state index contributed by atoms with van der Waals surface area (Å²) in [4.78, 5) is 9.45. The topological polar surface area (TPSA) is 170 Å². The van der Waals surface area contributed by atoms with E-state index in [0.717, 1.165) is 144 Å². The van der Waals surface area contributed by atoms with Crippen LogP contribution in [0.2, 0.25) is 0 Å². The first kappa shape index (κ1) is 80.5. The molecule has 24 rings (SSSR count). The Kier molecular flexibility index (Phi) is 22.5. The Morgan fingerprint density at radius 3 is 0.929 bits per heavy atom. The van der Waals surface area contributed by atoms with Gasteiger partial charge in [-0.15, -0.1) is 109 Å². The van der Waals surface area contributed by atoms with Crippen LogP contribution in [0.3, 0.4) is 0 Å². The smallest absolute Gasteiger partial charge is 0.509 e. The van der Waals surface area contributed by atoms with Crippen molar-refractivity contribution < 1.29 is 77.4 Å². The summed E-state index contributed by atoms with van der Waals surface area (Å²) >= 11 is 0. The first-order valence-corrected chi connectivity index (χ1v) is 39.8. The van der Waals surface area contributed by atoms with Crippen molar-refractivity contribution in [1.29, 1.82) is 0 Å². The van der Waals surface area contributed by atoms with Crippen molar-refractivity contribution in [3.63, 3.8) is 0 Å². The zero-order valence-electron chi connectivity index (χ0n) is 66.3. The molecule has 10 heterocycles. The Hall–Kier alpha value is -15.3. The summed E-state index contributed by atoms with van der Waals surface area (Å²) in [5.74, 6) is 3.47. The van der Waals surface area contributed by atoms with Gasteiger partial charge in [-0.2, -0.15) is 67.0 Å². The van der Waals surface area contributed by atoms with Gasteiger partial charge in [-0.05, 0) is 130 Å². The van der Waals surface area contributed by atoms with Crippen LogP contribution in [-0.2, 0) is 63.2 Å². The molecule has 19 nitrogen and oxygen atoms in total. The van der Waals surface area contributed by atoms with Crippen molar-refractivity contribution >= 4 is 87.5 Å². The zero-order chi connectivity index (χ0) is 81.5. The maximum atomic E-state index is 6.30. The fraction of sp³-hybridized carbons (Fsp3) is 0. The van der Waals surface area contributed by atoms with E-state index in [4.69, 9.17) is 24.2 Å². The number of pyridine rings is 2.